The number of methoxy groups -OCH3 is 2. The van der Waals surface area contributed by atoms with E-state index in [-0.39, 0.29) is 11.9 Å². The quantitative estimate of drug-likeness (QED) is 0.629. The van der Waals surface area contributed by atoms with E-state index in [1.165, 1.54) is 7.11 Å². The van der Waals surface area contributed by atoms with Crippen LogP contribution in [0.3, 0.4) is 0 Å². The van der Waals surface area contributed by atoms with Crippen molar-refractivity contribution in [2.24, 2.45) is 0 Å². The molecule has 1 unspecified atom stereocenters. The molecule has 1 atom stereocenters. The average molecular weight is 226 g/mol. The Morgan fingerprint density at radius 1 is 1.47 bits per heavy atom. The maximum Gasteiger partial charge on any atom is 0.313 e. The Kier molecular flexibility index (Phi) is 4.49. The molecule has 0 spiro atoms. The summed E-state index contributed by atoms with van der Waals surface area (Å²) in [6.45, 7) is 0. The summed E-state index contributed by atoms with van der Waals surface area (Å²) in [6, 6.07) is 7.35. The monoisotopic (exact) mass is 226 g/mol. The highest BCUT2D eigenvalue weighted by Gasteiger charge is 2.19. The lowest BCUT2D eigenvalue weighted by Gasteiger charge is -2.12. The molecule has 1 rings (SSSR count). The van der Waals surface area contributed by atoms with Crippen LogP contribution in [0.4, 0.5) is 0 Å². The van der Waals surface area contributed by atoms with E-state index in [1.807, 2.05) is 24.3 Å². The highest BCUT2D eigenvalue weighted by Crippen LogP contribution is 2.22. The van der Waals surface area contributed by atoms with E-state index in [2.05, 4.69) is 12.6 Å². The standard InChI is InChI=1S/C11H14O3S/c1-13-9-5-3-4-8(6-9)10(7-15)11(12)14-2/h3-6,10,15H,7H2,1-2H3. The zero-order chi connectivity index (χ0) is 11.3. The molecule has 0 fully saturated rings. The topological polar surface area (TPSA) is 35.5 Å². The van der Waals surface area contributed by atoms with Crippen LogP contribution in [0.2, 0.25) is 0 Å². The molecule has 0 aromatic heterocycles. The maximum absolute atomic E-state index is 11.4. The maximum atomic E-state index is 11.4. The third-order valence-corrected chi connectivity index (χ3v) is 2.53. The summed E-state index contributed by atoms with van der Waals surface area (Å²) >= 11 is 4.14. The second-order valence-electron chi connectivity index (χ2n) is 3.03. The smallest absolute Gasteiger partial charge is 0.313 e. The summed E-state index contributed by atoms with van der Waals surface area (Å²) in [7, 11) is 2.96. The zero-order valence-corrected chi connectivity index (χ0v) is 9.66. The predicted octanol–water partition coefficient (Wildman–Crippen LogP) is 1.88. The summed E-state index contributed by atoms with van der Waals surface area (Å²) < 4.78 is 9.79. The van der Waals surface area contributed by atoms with Gasteiger partial charge in [-0.2, -0.15) is 12.6 Å². The first-order valence-corrected chi connectivity index (χ1v) is 5.18. The fourth-order valence-corrected chi connectivity index (χ4v) is 1.68. The number of carbonyl (C=O) groups is 1. The minimum Gasteiger partial charge on any atom is -0.497 e. The van der Waals surface area contributed by atoms with Gasteiger partial charge in [-0.25, -0.2) is 0 Å². The molecule has 1 aromatic rings. The van der Waals surface area contributed by atoms with Crippen LogP contribution in [-0.2, 0) is 9.53 Å². The lowest BCUT2D eigenvalue weighted by atomic mass is 10.0. The molecule has 0 heterocycles. The van der Waals surface area contributed by atoms with Crippen LogP contribution in [-0.4, -0.2) is 25.9 Å². The highest BCUT2D eigenvalue weighted by atomic mass is 32.1. The summed E-state index contributed by atoms with van der Waals surface area (Å²) in [5.41, 5.74) is 0.858. The number of rotatable bonds is 4. The molecule has 3 nitrogen and oxygen atoms in total. The van der Waals surface area contributed by atoms with Gasteiger partial charge >= 0.3 is 5.97 Å². The van der Waals surface area contributed by atoms with Crippen molar-refractivity contribution in [1.29, 1.82) is 0 Å². The molecular formula is C11H14O3S. The fourth-order valence-electron chi connectivity index (χ4n) is 1.32. The molecule has 0 N–H and O–H groups in total. The summed E-state index contributed by atoms with van der Waals surface area (Å²) in [5, 5.41) is 0. The van der Waals surface area contributed by atoms with Crippen molar-refractivity contribution in [2.75, 3.05) is 20.0 Å². The summed E-state index contributed by atoms with van der Waals surface area (Å²) in [4.78, 5) is 11.4. The van der Waals surface area contributed by atoms with Gasteiger partial charge in [-0.3, -0.25) is 4.79 Å². The Hall–Kier alpha value is -1.16. The first-order chi connectivity index (χ1) is 7.22. The van der Waals surface area contributed by atoms with Crippen molar-refractivity contribution < 1.29 is 14.3 Å². The van der Waals surface area contributed by atoms with Crippen LogP contribution in [0.25, 0.3) is 0 Å². The Labute approximate surface area is 94.8 Å². The number of esters is 1. The van der Waals surface area contributed by atoms with E-state index in [0.29, 0.717) is 5.75 Å². The van der Waals surface area contributed by atoms with E-state index in [0.717, 1.165) is 11.3 Å². The van der Waals surface area contributed by atoms with Gasteiger partial charge in [-0.1, -0.05) is 12.1 Å². The third-order valence-electron chi connectivity index (χ3n) is 2.16. The number of carbonyl (C=O) groups excluding carboxylic acids is 1. The van der Waals surface area contributed by atoms with Gasteiger partial charge in [-0.15, -0.1) is 0 Å². The van der Waals surface area contributed by atoms with Crippen molar-refractivity contribution in [2.45, 2.75) is 5.92 Å². The minimum absolute atomic E-state index is 0.279. The second-order valence-corrected chi connectivity index (χ2v) is 3.40. The molecule has 0 aliphatic rings. The third kappa shape index (κ3) is 2.89. The number of thiol groups is 1. The average Bonchev–Trinajstić information content (AvgIpc) is 2.30. The number of ether oxygens (including phenoxy) is 2. The normalized spacial score (nSPS) is 11.9. The van der Waals surface area contributed by atoms with E-state index >= 15 is 0 Å². The Balaban J connectivity index is 2.96. The van der Waals surface area contributed by atoms with Crippen molar-refractivity contribution in [1.82, 2.24) is 0 Å². The summed E-state index contributed by atoms with van der Waals surface area (Å²) in [6.07, 6.45) is 0. The van der Waals surface area contributed by atoms with E-state index in [1.54, 1.807) is 7.11 Å². The van der Waals surface area contributed by atoms with E-state index in [4.69, 9.17) is 9.47 Å². The van der Waals surface area contributed by atoms with Gasteiger partial charge in [0.05, 0.1) is 20.1 Å². The number of hydrogen-bond donors (Lipinski definition) is 1. The van der Waals surface area contributed by atoms with Gasteiger partial charge in [0.25, 0.3) is 0 Å². The van der Waals surface area contributed by atoms with Crippen LogP contribution in [0.15, 0.2) is 24.3 Å². The second kappa shape index (κ2) is 5.66. The molecule has 82 valence electrons. The Bertz CT molecular complexity index is 338. The zero-order valence-electron chi connectivity index (χ0n) is 8.77. The summed E-state index contributed by atoms with van der Waals surface area (Å²) in [5.74, 6) is 0.523. The SMILES string of the molecule is COC(=O)C(CS)c1cccc(OC)c1. The molecular weight excluding hydrogens is 212 g/mol. The number of benzene rings is 1. The van der Waals surface area contributed by atoms with Crippen molar-refractivity contribution in [3.05, 3.63) is 29.8 Å². The molecule has 15 heavy (non-hydrogen) atoms. The van der Waals surface area contributed by atoms with Crippen molar-refractivity contribution >= 4 is 18.6 Å². The molecule has 0 saturated carbocycles. The van der Waals surface area contributed by atoms with Crippen LogP contribution in [0.1, 0.15) is 11.5 Å². The molecule has 0 radical (unpaired) electrons. The number of hydrogen-bond acceptors (Lipinski definition) is 4. The largest absolute Gasteiger partial charge is 0.497 e. The van der Waals surface area contributed by atoms with Gasteiger partial charge in [0.15, 0.2) is 0 Å². The minimum atomic E-state index is -0.339. The van der Waals surface area contributed by atoms with Crippen LogP contribution in [0, 0.1) is 0 Å². The molecule has 0 aliphatic carbocycles. The fraction of sp³-hybridized carbons (Fsp3) is 0.364. The first kappa shape index (κ1) is 11.9. The first-order valence-electron chi connectivity index (χ1n) is 4.55. The molecule has 0 saturated heterocycles. The predicted molar refractivity (Wildman–Crippen MR) is 61.6 cm³/mol. The van der Waals surface area contributed by atoms with Crippen molar-refractivity contribution in [3.8, 4) is 5.75 Å². The molecule has 0 bridgehead atoms. The van der Waals surface area contributed by atoms with Crippen LogP contribution in [0.5, 0.6) is 5.75 Å². The molecule has 4 heteroatoms. The van der Waals surface area contributed by atoms with Crippen molar-refractivity contribution in [3.63, 3.8) is 0 Å². The van der Waals surface area contributed by atoms with Gasteiger partial charge in [0.1, 0.15) is 5.75 Å². The van der Waals surface area contributed by atoms with Crippen LogP contribution >= 0.6 is 12.6 Å². The van der Waals surface area contributed by atoms with Gasteiger partial charge in [-0.05, 0) is 17.7 Å². The molecule has 0 aliphatic heterocycles. The lowest BCUT2D eigenvalue weighted by Crippen LogP contribution is -2.15. The van der Waals surface area contributed by atoms with Gasteiger partial charge in [0, 0.05) is 5.75 Å². The van der Waals surface area contributed by atoms with Gasteiger partial charge < -0.3 is 9.47 Å². The van der Waals surface area contributed by atoms with E-state index in [9.17, 15) is 4.79 Å². The Morgan fingerprint density at radius 3 is 2.73 bits per heavy atom. The highest BCUT2D eigenvalue weighted by molar-refractivity contribution is 7.80. The van der Waals surface area contributed by atoms with Gasteiger partial charge in [0.2, 0.25) is 0 Å². The lowest BCUT2D eigenvalue weighted by molar-refractivity contribution is -0.141. The molecule has 0 amide bonds. The van der Waals surface area contributed by atoms with E-state index < -0.39 is 0 Å². The Morgan fingerprint density at radius 2 is 2.20 bits per heavy atom. The van der Waals surface area contributed by atoms with Crippen LogP contribution < -0.4 is 4.74 Å². The molecule has 1 aromatic carbocycles.